The number of nitrogens with zero attached hydrogens (tertiary/aromatic N) is 1. The van der Waals surface area contributed by atoms with Gasteiger partial charge in [-0.25, -0.2) is 0 Å². The van der Waals surface area contributed by atoms with Crippen molar-refractivity contribution < 1.29 is 9.53 Å². The molecule has 0 saturated carbocycles. The van der Waals surface area contributed by atoms with Crippen LogP contribution in [-0.2, 0) is 18.3 Å². The molecule has 4 nitrogen and oxygen atoms in total. The van der Waals surface area contributed by atoms with Gasteiger partial charge < -0.3 is 14.6 Å². The normalized spacial score (nSPS) is 17.3. The number of benzene rings is 1. The van der Waals surface area contributed by atoms with Crippen LogP contribution in [-0.4, -0.2) is 24.1 Å². The molecule has 1 aromatic carbocycles. The highest BCUT2D eigenvalue weighted by atomic mass is 16.5. The molecule has 1 aliphatic carbocycles. The molecule has 118 valence electrons. The second-order valence-corrected chi connectivity index (χ2v) is 6.05. The maximum Gasteiger partial charge on any atom is 0.219 e. The highest BCUT2D eigenvalue weighted by molar-refractivity contribution is 5.88. The maximum absolute atomic E-state index is 11.6. The predicted molar refractivity (Wildman–Crippen MR) is 88.5 cm³/mol. The van der Waals surface area contributed by atoms with Crippen molar-refractivity contribution in [1.29, 1.82) is 0 Å². The lowest BCUT2D eigenvalue weighted by atomic mass is 9.85. The summed E-state index contributed by atoms with van der Waals surface area (Å²) in [6.07, 6.45) is 3.97. The Morgan fingerprint density at radius 1 is 1.45 bits per heavy atom. The van der Waals surface area contributed by atoms with Gasteiger partial charge in [-0.2, -0.15) is 0 Å². The number of amides is 1. The van der Waals surface area contributed by atoms with Gasteiger partial charge in [0.2, 0.25) is 5.91 Å². The SMILES string of the molecule is CCC(=O)NCC1CCCc2c1c1cc(OC)ccc1n2C. The minimum Gasteiger partial charge on any atom is -0.497 e. The molecule has 1 aliphatic rings. The van der Waals surface area contributed by atoms with Gasteiger partial charge in [-0.15, -0.1) is 0 Å². The number of ether oxygens (including phenoxy) is 1. The summed E-state index contributed by atoms with van der Waals surface area (Å²) in [6.45, 7) is 2.63. The van der Waals surface area contributed by atoms with Gasteiger partial charge in [0, 0.05) is 42.5 Å². The summed E-state index contributed by atoms with van der Waals surface area (Å²) in [6, 6.07) is 6.28. The van der Waals surface area contributed by atoms with Gasteiger partial charge in [0.25, 0.3) is 0 Å². The molecule has 4 heteroatoms. The molecule has 0 bridgehead atoms. The van der Waals surface area contributed by atoms with Crippen LogP contribution in [0.2, 0.25) is 0 Å². The van der Waals surface area contributed by atoms with E-state index in [1.807, 2.05) is 13.0 Å². The smallest absolute Gasteiger partial charge is 0.219 e. The lowest BCUT2D eigenvalue weighted by molar-refractivity contribution is -0.120. The van der Waals surface area contributed by atoms with Crippen LogP contribution >= 0.6 is 0 Å². The lowest BCUT2D eigenvalue weighted by Crippen LogP contribution is -2.29. The molecule has 1 heterocycles. The van der Waals surface area contributed by atoms with Crippen LogP contribution in [0.3, 0.4) is 0 Å². The van der Waals surface area contributed by atoms with Crippen molar-refractivity contribution >= 4 is 16.8 Å². The number of hydrogen-bond acceptors (Lipinski definition) is 2. The second-order valence-electron chi connectivity index (χ2n) is 6.05. The molecule has 0 aliphatic heterocycles. The molecule has 1 amide bonds. The van der Waals surface area contributed by atoms with Crippen molar-refractivity contribution in [3.05, 3.63) is 29.5 Å². The quantitative estimate of drug-likeness (QED) is 0.942. The van der Waals surface area contributed by atoms with Crippen molar-refractivity contribution in [2.75, 3.05) is 13.7 Å². The third kappa shape index (κ3) is 2.47. The van der Waals surface area contributed by atoms with E-state index in [1.54, 1.807) is 7.11 Å². The monoisotopic (exact) mass is 300 g/mol. The van der Waals surface area contributed by atoms with Crippen molar-refractivity contribution in [3.63, 3.8) is 0 Å². The zero-order valence-corrected chi connectivity index (χ0v) is 13.6. The van der Waals surface area contributed by atoms with Crippen LogP contribution in [0.5, 0.6) is 5.75 Å². The van der Waals surface area contributed by atoms with Gasteiger partial charge in [-0.1, -0.05) is 6.92 Å². The standard InChI is InChI=1S/C18H24N2O2/c1-4-17(21)19-11-12-6-5-7-16-18(12)14-10-13(22-3)8-9-15(14)20(16)2/h8-10,12H,4-7,11H2,1-3H3,(H,19,21). The summed E-state index contributed by atoms with van der Waals surface area (Å²) < 4.78 is 7.70. The van der Waals surface area contributed by atoms with Gasteiger partial charge in [0.15, 0.2) is 0 Å². The predicted octanol–water partition coefficient (Wildman–Crippen LogP) is 3.13. The lowest BCUT2D eigenvalue weighted by Gasteiger charge is -2.24. The van der Waals surface area contributed by atoms with Crippen molar-refractivity contribution in [2.24, 2.45) is 7.05 Å². The minimum absolute atomic E-state index is 0.130. The first kappa shape index (κ1) is 14.9. The average Bonchev–Trinajstić information content (AvgIpc) is 2.85. The highest BCUT2D eigenvalue weighted by Crippen LogP contribution is 2.39. The summed E-state index contributed by atoms with van der Waals surface area (Å²) >= 11 is 0. The van der Waals surface area contributed by atoms with Gasteiger partial charge >= 0.3 is 0 Å². The number of carbonyl (C=O) groups is 1. The fourth-order valence-electron chi connectivity index (χ4n) is 3.62. The van der Waals surface area contributed by atoms with Crippen LogP contribution < -0.4 is 10.1 Å². The Morgan fingerprint density at radius 3 is 3.00 bits per heavy atom. The first-order valence-electron chi connectivity index (χ1n) is 8.07. The fraction of sp³-hybridized carbons (Fsp3) is 0.500. The summed E-state index contributed by atoms with van der Waals surface area (Å²) in [5.41, 5.74) is 4.06. The van der Waals surface area contributed by atoms with E-state index < -0.39 is 0 Å². The Morgan fingerprint density at radius 2 is 2.27 bits per heavy atom. The van der Waals surface area contributed by atoms with E-state index in [9.17, 15) is 4.79 Å². The Balaban J connectivity index is 2.03. The van der Waals surface area contributed by atoms with E-state index in [-0.39, 0.29) is 5.91 Å². The molecule has 1 unspecified atom stereocenters. The van der Waals surface area contributed by atoms with Crippen LogP contribution in [0.25, 0.3) is 10.9 Å². The average molecular weight is 300 g/mol. The summed E-state index contributed by atoms with van der Waals surface area (Å²) in [5.74, 6) is 1.42. The molecule has 0 saturated heterocycles. The Labute approximate surface area is 131 Å². The van der Waals surface area contributed by atoms with E-state index in [4.69, 9.17) is 4.74 Å². The largest absolute Gasteiger partial charge is 0.497 e. The van der Waals surface area contributed by atoms with E-state index in [0.717, 1.165) is 25.1 Å². The molecule has 0 fully saturated rings. The number of aromatic nitrogens is 1. The van der Waals surface area contributed by atoms with E-state index >= 15 is 0 Å². The Hall–Kier alpha value is -1.97. The van der Waals surface area contributed by atoms with Gasteiger partial charge in [-0.05, 0) is 43.0 Å². The van der Waals surface area contributed by atoms with Crippen LogP contribution in [0.4, 0.5) is 0 Å². The zero-order valence-electron chi connectivity index (χ0n) is 13.6. The second kappa shape index (κ2) is 6.03. The number of carbonyl (C=O) groups excluding carboxylic acids is 1. The summed E-state index contributed by atoms with van der Waals surface area (Å²) in [4.78, 5) is 11.6. The molecule has 0 radical (unpaired) electrons. The molecular weight excluding hydrogens is 276 g/mol. The summed E-state index contributed by atoms with van der Waals surface area (Å²) in [7, 11) is 3.84. The van der Waals surface area contributed by atoms with Crippen molar-refractivity contribution in [3.8, 4) is 5.75 Å². The third-order valence-electron chi connectivity index (χ3n) is 4.81. The number of methoxy groups -OCH3 is 1. The van der Waals surface area contributed by atoms with Crippen LogP contribution in [0, 0.1) is 0 Å². The fourth-order valence-corrected chi connectivity index (χ4v) is 3.62. The number of rotatable bonds is 4. The number of hydrogen-bond donors (Lipinski definition) is 1. The van der Waals surface area contributed by atoms with Gasteiger partial charge in [-0.3, -0.25) is 4.79 Å². The molecule has 1 atom stereocenters. The third-order valence-corrected chi connectivity index (χ3v) is 4.81. The Bertz CT molecular complexity index is 703. The summed E-state index contributed by atoms with van der Waals surface area (Å²) in [5, 5.41) is 4.34. The topological polar surface area (TPSA) is 43.3 Å². The first-order valence-corrected chi connectivity index (χ1v) is 8.07. The molecule has 3 rings (SSSR count). The molecule has 1 N–H and O–H groups in total. The van der Waals surface area contributed by atoms with Crippen molar-refractivity contribution in [1.82, 2.24) is 9.88 Å². The number of aryl methyl sites for hydroxylation is 1. The van der Waals surface area contributed by atoms with E-state index in [0.29, 0.717) is 12.3 Å². The molecule has 1 aromatic heterocycles. The molecule has 0 spiro atoms. The maximum atomic E-state index is 11.6. The van der Waals surface area contributed by atoms with E-state index in [2.05, 4.69) is 29.1 Å². The number of fused-ring (bicyclic) bond motifs is 3. The number of nitrogens with one attached hydrogen (secondary N) is 1. The molecule has 2 aromatic rings. The Kier molecular flexibility index (Phi) is 4.10. The van der Waals surface area contributed by atoms with Gasteiger partial charge in [0.1, 0.15) is 5.75 Å². The zero-order chi connectivity index (χ0) is 15.7. The minimum atomic E-state index is 0.130. The molecule has 22 heavy (non-hydrogen) atoms. The van der Waals surface area contributed by atoms with Crippen LogP contribution in [0.15, 0.2) is 18.2 Å². The van der Waals surface area contributed by atoms with Crippen molar-refractivity contribution in [2.45, 2.75) is 38.5 Å². The van der Waals surface area contributed by atoms with Gasteiger partial charge in [0.05, 0.1) is 7.11 Å². The molecular formula is C18H24N2O2. The van der Waals surface area contributed by atoms with Crippen LogP contribution in [0.1, 0.15) is 43.4 Å². The first-order chi connectivity index (χ1) is 10.7. The highest BCUT2D eigenvalue weighted by Gasteiger charge is 2.26. The van der Waals surface area contributed by atoms with E-state index in [1.165, 1.54) is 28.6 Å².